The zero-order chi connectivity index (χ0) is 21.8. The Labute approximate surface area is 183 Å². The molecule has 7 nitrogen and oxygen atoms in total. The number of aromatic nitrogens is 2. The molecule has 2 aromatic rings. The summed E-state index contributed by atoms with van der Waals surface area (Å²) in [6, 6.07) is 10.3. The maximum absolute atomic E-state index is 12.8. The molecule has 1 saturated heterocycles. The highest BCUT2D eigenvalue weighted by Gasteiger charge is 2.46. The molecule has 1 fully saturated rings. The van der Waals surface area contributed by atoms with Crippen LogP contribution in [-0.2, 0) is 10.2 Å². The molecule has 0 saturated carbocycles. The molecule has 1 aliphatic heterocycles. The second-order valence-corrected chi connectivity index (χ2v) is 9.05. The molecule has 164 valence electrons. The van der Waals surface area contributed by atoms with Gasteiger partial charge in [-0.05, 0) is 61.9 Å². The number of nitrogens with zero attached hydrogens (tertiary/aromatic N) is 4. The van der Waals surface area contributed by atoms with Crippen molar-refractivity contribution < 1.29 is 9.59 Å². The predicted molar refractivity (Wildman–Crippen MR) is 119 cm³/mol. The van der Waals surface area contributed by atoms with Gasteiger partial charge < -0.3 is 15.1 Å². The van der Waals surface area contributed by atoms with E-state index in [1.807, 2.05) is 19.0 Å². The monoisotopic (exact) mass is 421 g/mol. The van der Waals surface area contributed by atoms with Crippen molar-refractivity contribution in [2.45, 2.75) is 37.0 Å². The standard InChI is InChI=1S/C24H31N5O2/c1-28(2)14-11-25-22(30)15-19-16-24(21-6-4-3-5-20(19)21)8-12-29(13-9-24)23(31)18-7-10-26-27-17-18/h3-7,10,17,19H,8-9,11-16H2,1-2H3,(H,25,30). The van der Waals surface area contributed by atoms with E-state index in [0.29, 0.717) is 18.5 Å². The molecule has 0 radical (unpaired) electrons. The molecule has 7 heteroatoms. The number of carbonyl (C=O) groups excluding carboxylic acids is 2. The Hall–Kier alpha value is -2.80. The van der Waals surface area contributed by atoms with Crippen molar-refractivity contribution in [1.82, 2.24) is 25.3 Å². The van der Waals surface area contributed by atoms with Gasteiger partial charge in [0.2, 0.25) is 5.91 Å². The number of rotatable bonds is 6. The summed E-state index contributed by atoms with van der Waals surface area (Å²) in [5, 5.41) is 10.6. The third-order valence-corrected chi connectivity index (χ3v) is 6.76. The average Bonchev–Trinajstić information content (AvgIpc) is 3.07. The molecule has 0 bridgehead atoms. The van der Waals surface area contributed by atoms with Crippen molar-refractivity contribution in [2.75, 3.05) is 40.3 Å². The number of likely N-dealkylation sites (tertiary alicyclic amines) is 1. The third-order valence-electron chi connectivity index (χ3n) is 6.76. The Morgan fingerprint density at radius 2 is 1.94 bits per heavy atom. The van der Waals surface area contributed by atoms with Crippen molar-refractivity contribution in [2.24, 2.45) is 0 Å². The molecule has 1 aromatic heterocycles. The Kier molecular flexibility index (Phi) is 6.32. The summed E-state index contributed by atoms with van der Waals surface area (Å²) in [4.78, 5) is 29.4. The predicted octanol–water partition coefficient (Wildman–Crippen LogP) is 2.21. The van der Waals surface area contributed by atoms with Gasteiger partial charge in [0.1, 0.15) is 0 Å². The maximum Gasteiger partial charge on any atom is 0.255 e. The van der Waals surface area contributed by atoms with Crippen LogP contribution in [0.2, 0.25) is 0 Å². The van der Waals surface area contributed by atoms with E-state index in [9.17, 15) is 9.59 Å². The number of benzene rings is 1. The molecule has 2 heterocycles. The Morgan fingerprint density at radius 1 is 1.16 bits per heavy atom. The molecular formula is C24H31N5O2. The van der Waals surface area contributed by atoms with E-state index in [1.54, 1.807) is 12.3 Å². The van der Waals surface area contributed by atoms with Gasteiger partial charge in [0.05, 0.1) is 18.0 Å². The summed E-state index contributed by atoms with van der Waals surface area (Å²) in [5.74, 6) is 0.381. The Bertz CT molecular complexity index is 923. The largest absolute Gasteiger partial charge is 0.355 e. The van der Waals surface area contributed by atoms with E-state index >= 15 is 0 Å². The second kappa shape index (κ2) is 9.14. The summed E-state index contributed by atoms with van der Waals surface area (Å²) < 4.78 is 0. The van der Waals surface area contributed by atoms with Gasteiger partial charge in [0, 0.05) is 32.6 Å². The molecule has 4 rings (SSSR count). The number of hydrogen-bond acceptors (Lipinski definition) is 5. The molecule has 2 aliphatic rings. The minimum Gasteiger partial charge on any atom is -0.355 e. The zero-order valence-corrected chi connectivity index (χ0v) is 18.4. The number of carbonyl (C=O) groups is 2. The van der Waals surface area contributed by atoms with Crippen molar-refractivity contribution in [3.63, 3.8) is 0 Å². The molecule has 1 aromatic carbocycles. The number of likely N-dealkylation sites (N-methyl/N-ethyl adjacent to an activating group) is 1. The highest BCUT2D eigenvalue weighted by Crippen LogP contribution is 2.52. The minimum absolute atomic E-state index is 0.0212. The van der Waals surface area contributed by atoms with Crippen LogP contribution in [0.3, 0.4) is 0 Å². The zero-order valence-electron chi connectivity index (χ0n) is 18.4. The van der Waals surface area contributed by atoms with Crippen LogP contribution in [0.4, 0.5) is 0 Å². The molecule has 1 N–H and O–H groups in total. The second-order valence-electron chi connectivity index (χ2n) is 9.05. The van der Waals surface area contributed by atoms with Gasteiger partial charge >= 0.3 is 0 Å². The van der Waals surface area contributed by atoms with Gasteiger partial charge in [-0.3, -0.25) is 9.59 Å². The van der Waals surface area contributed by atoms with Crippen molar-refractivity contribution in [3.8, 4) is 0 Å². The van der Waals surface area contributed by atoms with Crippen LogP contribution in [0.15, 0.2) is 42.7 Å². The van der Waals surface area contributed by atoms with Gasteiger partial charge in [-0.1, -0.05) is 24.3 Å². The van der Waals surface area contributed by atoms with Crippen molar-refractivity contribution in [3.05, 3.63) is 59.4 Å². The average molecular weight is 422 g/mol. The van der Waals surface area contributed by atoms with Crippen LogP contribution >= 0.6 is 0 Å². The minimum atomic E-state index is 0.0212. The fraction of sp³-hybridized carbons (Fsp3) is 0.500. The summed E-state index contributed by atoms with van der Waals surface area (Å²) >= 11 is 0. The number of hydrogen-bond donors (Lipinski definition) is 1. The first-order valence-electron chi connectivity index (χ1n) is 11.1. The van der Waals surface area contributed by atoms with Gasteiger partial charge in [-0.25, -0.2) is 0 Å². The fourth-order valence-electron chi connectivity index (χ4n) is 5.14. The van der Waals surface area contributed by atoms with Gasteiger partial charge in [0.25, 0.3) is 5.91 Å². The first-order chi connectivity index (χ1) is 15.0. The Morgan fingerprint density at radius 3 is 2.65 bits per heavy atom. The van der Waals surface area contributed by atoms with Gasteiger partial charge in [0.15, 0.2) is 0 Å². The van der Waals surface area contributed by atoms with E-state index in [4.69, 9.17) is 0 Å². The molecule has 1 spiro atoms. The lowest BCUT2D eigenvalue weighted by Gasteiger charge is -2.40. The van der Waals surface area contributed by atoms with Crippen LogP contribution in [0, 0.1) is 0 Å². The van der Waals surface area contributed by atoms with Gasteiger partial charge in [-0.2, -0.15) is 10.2 Å². The summed E-state index contributed by atoms with van der Waals surface area (Å²) in [7, 11) is 4.01. The lowest BCUT2D eigenvalue weighted by molar-refractivity contribution is -0.121. The van der Waals surface area contributed by atoms with Crippen LogP contribution < -0.4 is 5.32 Å². The summed E-state index contributed by atoms with van der Waals surface area (Å²) in [5.41, 5.74) is 3.32. The number of piperidine rings is 1. The van der Waals surface area contributed by atoms with Crippen molar-refractivity contribution in [1.29, 1.82) is 0 Å². The SMILES string of the molecule is CN(C)CCNC(=O)CC1CC2(CCN(C(=O)c3ccnnc3)CC2)c2ccccc21. The Balaban J connectivity index is 1.43. The summed E-state index contributed by atoms with van der Waals surface area (Å²) in [6.07, 6.45) is 6.44. The van der Waals surface area contributed by atoms with E-state index in [-0.39, 0.29) is 23.1 Å². The van der Waals surface area contributed by atoms with Crippen LogP contribution in [0.5, 0.6) is 0 Å². The summed E-state index contributed by atoms with van der Waals surface area (Å²) in [6.45, 7) is 2.95. The fourth-order valence-corrected chi connectivity index (χ4v) is 5.14. The third kappa shape index (κ3) is 4.61. The normalized spacial score (nSPS) is 19.5. The lowest BCUT2D eigenvalue weighted by Crippen LogP contribution is -2.44. The molecule has 1 atom stereocenters. The quantitative estimate of drug-likeness (QED) is 0.774. The van der Waals surface area contributed by atoms with Crippen LogP contribution in [-0.4, -0.2) is 72.1 Å². The van der Waals surface area contributed by atoms with E-state index < -0.39 is 0 Å². The molecule has 31 heavy (non-hydrogen) atoms. The highest BCUT2D eigenvalue weighted by atomic mass is 16.2. The van der Waals surface area contributed by atoms with Gasteiger partial charge in [-0.15, -0.1) is 0 Å². The van der Waals surface area contributed by atoms with Crippen LogP contribution in [0.25, 0.3) is 0 Å². The lowest BCUT2D eigenvalue weighted by atomic mass is 9.73. The first kappa shape index (κ1) is 21.4. The smallest absolute Gasteiger partial charge is 0.255 e. The van der Waals surface area contributed by atoms with Crippen LogP contribution in [0.1, 0.15) is 53.1 Å². The van der Waals surface area contributed by atoms with E-state index in [1.165, 1.54) is 17.3 Å². The van der Waals surface area contributed by atoms with E-state index in [0.717, 1.165) is 38.9 Å². The highest BCUT2D eigenvalue weighted by molar-refractivity contribution is 5.93. The first-order valence-corrected chi connectivity index (χ1v) is 11.1. The molecule has 1 aliphatic carbocycles. The van der Waals surface area contributed by atoms with Crippen molar-refractivity contribution >= 4 is 11.8 Å². The number of nitrogens with one attached hydrogen (secondary N) is 1. The maximum atomic E-state index is 12.8. The molecule has 1 unspecified atom stereocenters. The topological polar surface area (TPSA) is 78.4 Å². The number of fused-ring (bicyclic) bond motifs is 2. The van der Waals surface area contributed by atoms with E-state index in [2.05, 4.69) is 44.7 Å². The molecule has 2 amide bonds. The number of amides is 2. The molecular weight excluding hydrogens is 390 g/mol.